The lowest BCUT2D eigenvalue weighted by molar-refractivity contribution is -0.126. The van der Waals surface area contributed by atoms with Crippen molar-refractivity contribution in [1.29, 1.82) is 0 Å². The van der Waals surface area contributed by atoms with Crippen LogP contribution in [0, 0.1) is 11.8 Å². The number of benzene rings is 1. The Bertz CT molecular complexity index is 690. The summed E-state index contributed by atoms with van der Waals surface area (Å²) in [5.41, 5.74) is 0.691. The molecule has 0 aromatic heterocycles. The van der Waals surface area contributed by atoms with E-state index in [4.69, 9.17) is 4.74 Å². The second-order valence-electron chi connectivity index (χ2n) is 8.70. The Morgan fingerprint density at radius 2 is 1.79 bits per heavy atom. The fourth-order valence-corrected chi connectivity index (χ4v) is 4.35. The molecule has 1 aromatic rings. The van der Waals surface area contributed by atoms with Crippen LogP contribution in [0.4, 0.5) is 0 Å². The van der Waals surface area contributed by atoms with E-state index in [1.54, 1.807) is 7.11 Å². The summed E-state index contributed by atoms with van der Waals surface area (Å²) in [5.74, 6) is 1.66. The molecule has 0 bridgehead atoms. The molecule has 0 radical (unpaired) electrons. The largest absolute Gasteiger partial charge is 0.497 e. The number of hydrogen-bond donors (Lipinski definition) is 1. The number of methoxy groups -OCH3 is 1. The fraction of sp³-hybridized carbons (Fsp3) is 0.652. The zero-order valence-electron chi connectivity index (χ0n) is 18.0. The Hall–Kier alpha value is -2.08. The molecule has 0 saturated carbocycles. The van der Waals surface area contributed by atoms with Crippen molar-refractivity contribution in [2.75, 3.05) is 39.8 Å². The van der Waals surface area contributed by atoms with Crippen molar-refractivity contribution in [2.24, 2.45) is 11.8 Å². The Balaban J connectivity index is 1.44. The molecule has 1 N–H and O–H groups in total. The first kappa shape index (κ1) is 21.6. The van der Waals surface area contributed by atoms with E-state index in [2.05, 4.69) is 24.1 Å². The number of ether oxygens (including phenoxy) is 1. The van der Waals surface area contributed by atoms with Crippen LogP contribution in [0.1, 0.15) is 49.9 Å². The normalized spacial score (nSPS) is 19.4. The average molecular weight is 402 g/mol. The molecular weight excluding hydrogens is 366 g/mol. The van der Waals surface area contributed by atoms with Gasteiger partial charge in [0.2, 0.25) is 5.91 Å². The topological polar surface area (TPSA) is 61.9 Å². The van der Waals surface area contributed by atoms with Crippen molar-refractivity contribution in [3.63, 3.8) is 0 Å². The van der Waals surface area contributed by atoms with Crippen molar-refractivity contribution in [3.8, 4) is 5.75 Å². The zero-order chi connectivity index (χ0) is 20.8. The lowest BCUT2D eigenvalue weighted by Crippen LogP contribution is -2.50. The number of likely N-dealkylation sites (tertiary alicyclic amines) is 2. The van der Waals surface area contributed by atoms with Crippen LogP contribution in [0.2, 0.25) is 0 Å². The first-order valence-electron chi connectivity index (χ1n) is 10.9. The Labute approximate surface area is 174 Å². The Morgan fingerprint density at radius 1 is 1.10 bits per heavy atom. The molecule has 160 valence electrons. The van der Waals surface area contributed by atoms with Crippen molar-refractivity contribution in [1.82, 2.24) is 15.1 Å². The standard InChI is InChI=1S/C23H35N3O3/c1-17(2)16-24-22(27)18-7-11-25(12-8-18)20-9-13-26(14-10-20)23(28)19-5-4-6-21(15-19)29-3/h4-6,15,17-18,20H,7-14,16H2,1-3H3,(H,24,27). The number of amides is 2. The molecule has 2 aliphatic rings. The molecule has 6 nitrogen and oxygen atoms in total. The number of nitrogens with zero attached hydrogens (tertiary/aromatic N) is 2. The van der Waals surface area contributed by atoms with Crippen LogP contribution in [0.15, 0.2) is 24.3 Å². The lowest BCUT2D eigenvalue weighted by atomic mass is 9.92. The molecule has 29 heavy (non-hydrogen) atoms. The van der Waals surface area contributed by atoms with E-state index in [9.17, 15) is 9.59 Å². The van der Waals surface area contributed by atoms with E-state index >= 15 is 0 Å². The third-order valence-electron chi connectivity index (χ3n) is 6.17. The molecule has 0 unspecified atom stereocenters. The van der Waals surface area contributed by atoms with Crippen LogP contribution in [0.25, 0.3) is 0 Å². The zero-order valence-corrected chi connectivity index (χ0v) is 18.0. The number of carbonyl (C=O) groups excluding carboxylic acids is 2. The summed E-state index contributed by atoms with van der Waals surface area (Å²) in [4.78, 5) is 29.6. The number of hydrogen-bond acceptors (Lipinski definition) is 4. The van der Waals surface area contributed by atoms with E-state index in [0.717, 1.165) is 58.4 Å². The van der Waals surface area contributed by atoms with Crippen molar-refractivity contribution < 1.29 is 14.3 Å². The lowest BCUT2D eigenvalue weighted by Gasteiger charge is -2.41. The Kier molecular flexibility index (Phi) is 7.53. The van der Waals surface area contributed by atoms with Crippen LogP contribution < -0.4 is 10.1 Å². The summed E-state index contributed by atoms with van der Waals surface area (Å²) in [6, 6.07) is 7.90. The van der Waals surface area contributed by atoms with Crippen molar-refractivity contribution in [3.05, 3.63) is 29.8 Å². The maximum absolute atomic E-state index is 12.8. The van der Waals surface area contributed by atoms with Crippen LogP contribution in [-0.2, 0) is 4.79 Å². The van der Waals surface area contributed by atoms with Gasteiger partial charge in [-0.2, -0.15) is 0 Å². The summed E-state index contributed by atoms with van der Waals surface area (Å²) in [7, 11) is 1.62. The van der Waals surface area contributed by atoms with E-state index in [0.29, 0.717) is 23.3 Å². The molecule has 1 aromatic carbocycles. The summed E-state index contributed by atoms with van der Waals surface area (Å²) < 4.78 is 5.24. The summed E-state index contributed by atoms with van der Waals surface area (Å²) in [6.45, 7) is 8.54. The number of rotatable bonds is 6. The molecule has 0 spiro atoms. The van der Waals surface area contributed by atoms with E-state index < -0.39 is 0 Å². The third kappa shape index (κ3) is 5.72. The van der Waals surface area contributed by atoms with Crippen molar-refractivity contribution in [2.45, 2.75) is 45.6 Å². The van der Waals surface area contributed by atoms with Crippen LogP contribution >= 0.6 is 0 Å². The van der Waals surface area contributed by atoms with E-state index in [1.165, 1.54) is 0 Å². The highest BCUT2D eigenvalue weighted by Gasteiger charge is 2.31. The number of piperidine rings is 2. The summed E-state index contributed by atoms with van der Waals surface area (Å²) in [6.07, 6.45) is 3.87. The van der Waals surface area contributed by atoms with Gasteiger partial charge in [-0.3, -0.25) is 9.59 Å². The van der Waals surface area contributed by atoms with Crippen LogP contribution in [0.3, 0.4) is 0 Å². The molecule has 2 saturated heterocycles. The SMILES string of the molecule is COc1cccc(C(=O)N2CCC(N3CCC(C(=O)NCC(C)C)CC3)CC2)c1. The van der Waals surface area contributed by atoms with E-state index in [1.807, 2.05) is 29.2 Å². The van der Waals surface area contributed by atoms with Gasteiger partial charge in [-0.15, -0.1) is 0 Å². The van der Waals surface area contributed by atoms with Crippen LogP contribution in [0.5, 0.6) is 5.75 Å². The average Bonchev–Trinajstić information content (AvgIpc) is 2.77. The maximum Gasteiger partial charge on any atom is 0.253 e. The van der Waals surface area contributed by atoms with Gasteiger partial charge >= 0.3 is 0 Å². The van der Waals surface area contributed by atoms with Gasteiger partial charge in [-0.05, 0) is 62.9 Å². The molecular formula is C23H35N3O3. The predicted octanol–water partition coefficient (Wildman–Crippen LogP) is 2.78. The minimum Gasteiger partial charge on any atom is -0.497 e. The highest BCUT2D eigenvalue weighted by atomic mass is 16.5. The summed E-state index contributed by atoms with van der Waals surface area (Å²) in [5, 5.41) is 3.08. The first-order valence-corrected chi connectivity index (χ1v) is 10.9. The van der Waals surface area contributed by atoms with Gasteiger partial charge in [0.25, 0.3) is 5.91 Å². The van der Waals surface area contributed by atoms with Gasteiger partial charge in [0.1, 0.15) is 5.75 Å². The second kappa shape index (κ2) is 10.1. The molecule has 2 aliphatic heterocycles. The highest BCUT2D eigenvalue weighted by Crippen LogP contribution is 2.25. The molecule has 2 amide bonds. The summed E-state index contributed by atoms with van der Waals surface area (Å²) >= 11 is 0. The van der Waals surface area contributed by atoms with Gasteiger partial charge in [-0.25, -0.2) is 0 Å². The smallest absolute Gasteiger partial charge is 0.253 e. The number of carbonyl (C=O) groups is 2. The molecule has 2 fully saturated rings. The van der Waals surface area contributed by atoms with Gasteiger partial charge in [-0.1, -0.05) is 19.9 Å². The quantitative estimate of drug-likeness (QED) is 0.796. The molecule has 2 heterocycles. The van der Waals surface area contributed by atoms with E-state index in [-0.39, 0.29) is 17.7 Å². The van der Waals surface area contributed by atoms with Crippen molar-refractivity contribution >= 4 is 11.8 Å². The monoisotopic (exact) mass is 401 g/mol. The minimum atomic E-state index is 0.0860. The van der Waals surface area contributed by atoms with Gasteiger partial charge < -0.3 is 19.9 Å². The van der Waals surface area contributed by atoms with Gasteiger partial charge in [0.05, 0.1) is 7.11 Å². The first-order chi connectivity index (χ1) is 14.0. The predicted molar refractivity (Wildman–Crippen MR) is 114 cm³/mol. The molecule has 3 rings (SSSR count). The maximum atomic E-state index is 12.8. The fourth-order valence-electron chi connectivity index (χ4n) is 4.35. The molecule has 6 heteroatoms. The van der Waals surface area contributed by atoms with Gasteiger partial charge in [0, 0.05) is 37.2 Å². The third-order valence-corrected chi connectivity index (χ3v) is 6.17. The van der Waals surface area contributed by atoms with Crippen LogP contribution in [-0.4, -0.2) is 67.5 Å². The molecule has 0 aliphatic carbocycles. The van der Waals surface area contributed by atoms with Gasteiger partial charge in [0.15, 0.2) is 0 Å². The molecule has 0 atom stereocenters. The highest BCUT2D eigenvalue weighted by molar-refractivity contribution is 5.94. The second-order valence-corrected chi connectivity index (χ2v) is 8.70. The Morgan fingerprint density at radius 3 is 2.41 bits per heavy atom. The number of nitrogens with one attached hydrogen (secondary N) is 1. The minimum absolute atomic E-state index is 0.0860.